The van der Waals surface area contributed by atoms with Crippen molar-refractivity contribution in [1.82, 2.24) is 0 Å². The second-order valence-electron chi connectivity index (χ2n) is 3.62. The standard InChI is InChI=1S/C12H9NO5S/c1-18-12(15)11-9(14)6-10(19-11)7-2-4-8(5-3-7)13(16)17/h2-6,14H,1H3. The lowest BCUT2D eigenvalue weighted by molar-refractivity contribution is -0.384. The molecule has 0 fully saturated rings. The Balaban J connectivity index is 2.37. The average Bonchev–Trinajstić information content (AvgIpc) is 2.80. The van der Waals surface area contributed by atoms with Gasteiger partial charge in [-0.1, -0.05) is 0 Å². The number of esters is 1. The van der Waals surface area contributed by atoms with E-state index in [-0.39, 0.29) is 16.3 Å². The summed E-state index contributed by atoms with van der Waals surface area (Å²) in [5.74, 6) is -0.777. The zero-order valence-electron chi connectivity index (χ0n) is 9.82. The molecule has 2 rings (SSSR count). The number of carbonyl (C=O) groups is 1. The minimum absolute atomic E-state index is 0.0160. The Kier molecular flexibility index (Phi) is 3.48. The Morgan fingerprint density at radius 3 is 2.53 bits per heavy atom. The maximum atomic E-state index is 11.4. The summed E-state index contributed by atoms with van der Waals surface area (Å²) < 4.78 is 4.54. The van der Waals surface area contributed by atoms with Crippen LogP contribution in [-0.4, -0.2) is 23.1 Å². The van der Waals surface area contributed by atoms with Gasteiger partial charge in [0.2, 0.25) is 0 Å². The SMILES string of the molecule is COC(=O)c1sc(-c2ccc([N+](=O)[O-])cc2)cc1O. The lowest BCUT2D eigenvalue weighted by atomic mass is 10.2. The van der Waals surface area contributed by atoms with E-state index in [4.69, 9.17) is 0 Å². The van der Waals surface area contributed by atoms with Crippen LogP contribution in [0.5, 0.6) is 5.75 Å². The number of nitro groups is 1. The molecule has 98 valence electrons. The van der Waals surface area contributed by atoms with E-state index < -0.39 is 10.9 Å². The predicted molar refractivity (Wildman–Crippen MR) is 69.4 cm³/mol. The summed E-state index contributed by atoms with van der Waals surface area (Å²) in [6.45, 7) is 0. The van der Waals surface area contributed by atoms with E-state index in [2.05, 4.69) is 4.74 Å². The number of benzene rings is 1. The van der Waals surface area contributed by atoms with Crippen molar-refractivity contribution in [3.05, 3.63) is 45.3 Å². The molecule has 0 atom stereocenters. The average molecular weight is 279 g/mol. The van der Waals surface area contributed by atoms with E-state index in [0.29, 0.717) is 10.4 Å². The molecule has 0 unspecified atom stereocenters. The number of aromatic hydroxyl groups is 1. The lowest BCUT2D eigenvalue weighted by Crippen LogP contribution is -1.97. The maximum Gasteiger partial charge on any atom is 0.351 e. The van der Waals surface area contributed by atoms with Crippen molar-refractivity contribution in [1.29, 1.82) is 0 Å². The number of ether oxygens (including phenoxy) is 1. The fourth-order valence-corrected chi connectivity index (χ4v) is 2.48. The largest absolute Gasteiger partial charge is 0.506 e. The number of nitro benzene ring substituents is 1. The predicted octanol–water partition coefficient (Wildman–Crippen LogP) is 2.82. The van der Waals surface area contributed by atoms with Crippen LogP contribution in [0.4, 0.5) is 5.69 Å². The van der Waals surface area contributed by atoms with Gasteiger partial charge in [0.05, 0.1) is 12.0 Å². The molecule has 1 heterocycles. The minimum Gasteiger partial charge on any atom is -0.506 e. The van der Waals surface area contributed by atoms with Crippen molar-refractivity contribution in [2.24, 2.45) is 0 Å². The molecule has 0 aliphatic heterocycles. The maximum absolute atomic E-state index is 11.4. The molecule has 1 N–H and O–H groups in total. The summed E-state index contributed by atoms with van der Waals surface area (Å²) in [4.78, 5) is 22.2. The number of non-ortho nitro benzene ring substituents is 1. The molecule has 19 heavy (non-hydrogen) atoms. The van der Waals surface area contributed by atoms with Gasteiger partial charge in [-0.3, -0.25) is 10.1 Å². The van der Waals surface area contributed by atoms with Crippen LogP contribution in [0.3, 0.4) is 0 Å². The third-order valence-electron chi connectivity index (χ3n) is 2.45. The summed E-state index contributed by atoms with van der Waals surface area (Å²) in [6.07, 6.45) is 0. The quantitative estimate of drug-likeness (QED) is 0.530. The molecule has 0 saturated heterocycles. The smallest absolute Gasteiger partial charge is 0.351 e. The molecule has 2 aromatic rings. The zero-order chi connectivity index (χ0) is 14.0. The van der Waals surface area contributed by atoms with E-state index in [1.54, 1.807) is 12.1 Å². The number of rotatable bonds is 3. The zero-order valence-corrected chi connectivity index (χ0v) is 10.6. The summed E-state index contributed by atoms with van der Waals surface area (Å²) in [6, 6.07) is 7.28. The molecule has 0 saturated carbocycles. The molecule has 1 aromatic carbocycles. The van der Waals surface area contributed by atoms with Gasteiger partial charge in [-0.2, -0.15) is 0 Å². The van der Waals surface area contributed by atoms with Crippen LogP contribution < -0.4 is 0 Å². The highest BCUT2D eigenvalue weighted by Crippen LogP contribution is 2.36. The minimum atomic E-state index is -0.615. The first-order chi connectivity index (χ1) is 9.02. The fourth-order valence-electron chi connectivity index (χ4n) is 1.51. The van der Waals surface area contributed by atoms with Gasteiger partial charge in [0.15, 0.2) is 4.88 Å². The molecule has 0 aliphatic carbocycles. The fraction of sp³-hybridized carbons (Fsp3) is 0.0833. The van der Waals surface area contributed by atoms with Gasteiger partial charge in [-0.15, -0.1) is 11.3 Å². The van der Waals surface area contributed by atoms with E-state index in [1.165, 1.54) is 25.3 Å². The van der Waals surface area contributed by atoms with Crippen molar-refractivity contribution in [3.8, 4) is 16.2 Å². The van der Waals surface area contributed by atoms with Gasteiger partial charge < -0.3 is 9.84 Å². The normalized spacial score (nSPS) is 10.2. The van der Waals surface area contributed by atoms with Crippen molar-refractivity contribution in [3.63, 3.8) is 0 Å². The van der Waals surface area contributed by atoms with E-state index in [0.717, 1.165) is 11.3 Å². The number of methoxy groups -OCH3 is 1. The summed E-state index contributed by atoms with van der Waals surface area (Å²) in [7, 11) is 1.23. The third-order valence-corrected chi connectivity index (χ3v) is 3.60. The monoisotopic (exact) mass is 279 g/mol. The van der Waals surface area contributed by atoms with Crippen molar-refractivity contribution in [2.45, 2.75) is 0 Å². The van der Waals surface area contributed by atoms with Crippen LogP contribution in [0.15, 0.2) is 30.3 Å². The van der Waals surface area contributed by atoms with E-state index >= 15 is 0 Å². The van der Waals surface area contributed by atoms with Gasteiger partial charge in [0, 0.05) is 17.0 Å². The van der Waals surface area contributed by atoms with Crippen molar-refractivity contribution in [2.75, 3.05) is 7.11 Å². The highest BCUT2D eigenvalue weighted by molar-refractivity contribution is 7.17. The van der Waals surface area contributed by atoms with E-state index in [9.17, 15) is 20.0 Å². The third kappa shape index (κ3) is 2.55. The van der Waals surface area contributed by atoms with Crippen molar-refractivity contribution < 1.29 is 19.6 Å². The number of carbonyl (C=O) groups excluding carboxylic acids is 1. The van der Waals surface area contributed by atoms with Crippen molar-refractivity contribution >= 4 is 23.0 Å². The molecule has 0 radical (unpaired) electrons. The molecule has 6 nitrogen and oxygen atoms in total. The molecule has 0 bridgehead atoms. The molecule has 0 amide bonds. The van der Waals surface area contributed by atoms with Gasteiger partial charge in [-0.05, 0) is 23.8 Å². The molecule has 1 aromatic heterocycles. The van der Waals surface area contributed by atoms with Crippen LogP contribution >= 0.6 is 11.3 Å². The number of hydrogen-bond acceptors (Lipinski definition) is 6. The van der Waals surface area contributed by atoms with Gasteiger partial charge in [-0.25, -0.2) is 4.79 Å². The summed E-state index contributed by atoms with van der Waals surface area (Å²) in [5.41, 5.74) is 0.666. The Morgan fingerprint density at radius 2 is 2.00 bits per heavy atom. The first-order valence-electron chi connectivity index (χ1n) is 5.19. The summed E-state index contributed by atoms with van der Waals surface area (Å²) >= 11 is 1.07. The second-order valence-corrected chi connectivity index (χ2v) is 4.67. The van der Waals surface area contributed by atoms with Crippen LogP contribution in [0, 0.1) is 10.1 Å². The summed E-state index contributed by atoms with van der Waals surface area (Å²) in [5, 5.41) is 20.2. The van der Waals surface area contributed by atoms with Crippen LogP contribution in [0.1, 0.15) is 9.67 Å². The molecular formula is C12H9NO5S. The van der Waals surface area contributed by atoms with Gasteiger partial charge in [0.25, 0.3) is 5.69 Å². The Labute approximate surface area is 112 Å². The van der Waals surface area contributed by atoms with Gasteiger partial charge in [0.1, 0.15) is 5.75 Å². The molecule has 0 spiro atoms. The lowest BCUT2D eigenvalue weighted by Gasteiger charge is -1.96. The number of thiophene rings is 1. The number of hydrogen-bond donors (Lipinski definition) is 1. The van der Waals surface area contributed by atoms with Crippen LogP contribution in [0.25, 0.3) is 10.4 Å². The molecule has 7 heteroatoms. The van der Waals surface area contributed by atoms with Crippen LogP contribution in [-0.2, 0) is 4.74 Å². The molecular weight excluding hydrogens is 270 g/mol. The number of nitrogens with zero attached hydrogens (tertiary/aromatic N) is 1. The van der Waals surface area contributed by atoms with E-state index in [1.807, 2.05) is 0 Å². The Morgan fingerprint density at radius 1 is 1.37 bits per heavy atom. The first-order valence-corrected chi connectivity index (χ1v) is 6.00. The topological polar surface area (TPSA) is 89.7 Å². The Bertz CT molecular complexity index is 632. The highest BCUT2D eigenvalue weighted by Gasteiger charge is 2.17. The second kappa shape index (κ2) is 5.07. The van der Waals surface area contributed by atoms with Crippen LogP contribution in [0.2, 0.25) is 0 Å². The highest BCUT2D eigenvalue weighted by atomic mass is 32.1. The first kappa shape index (κ1) is 13.0. The Hall–Kier alpha value is -2.41. The molecule has 0 aliphatic rings. The van der Waals surface area contributed by atoms with Gasteiger partial charge >= 0.3 is 5.97 Å².